The lowest BCUT2D eigenvalue weighted by Crippen LogP contribution is -2.42. The molecule has 5 heteroatoms. The van der Waals surface area contributed by atoms with Crippen LogP contribution in [-0.4, -0.2) is 17.1 Å². The van der Waals surface area contributed by atoms with Gasteiger partial charge in [0.15, 0.2) is 0 Å². The molecular formula is C30H21BN2O2. The molecule has 5 aromatic carbocycles. The molecule has 0 unspecified atom stereocenters. The Morgan fingerprint density at radius 3 is 1.43 bits per heavy atom. The lowest BCUT2D eigenvalue weighted by Gasteiger charge is -2.18. The number of H-pyrrole nitrogens is 2. The molecule has 4 nitrogen and oxygen atoms in total. The summed E-state index contributed by atoms with van der Waals surface area (Å²) >= 11 is 0. The maximum atomic E-state index is 6.67. The summed E-state index contributed by atoms with van der Waals surface area (Å²) in [6.07, 6.45) is 0. The van der Waals surface area contributed by atoms with Gasteiger partial charge in [-0.25, -0.2) is 0 Å². The molecule has 0 saturated heterocycles. The number of aromatic nitrogens is 2. The van der Waals surface area contributed by atoms with Crippen molar-refractivity contribution in [3.63, 3.8) is 0 Å². The van der Waals surface area contributed by atoms with Gasteiger partial charge in [0.05, 0.1) is 11.0 Å². The molecule has 0 saturated carbocycles. The molecule has 0 spiro atoms. The van der Waals surface area contributed by atoms with E-state index in [2.05, 4.69) is 58.5 Å². The van der Waals surface area contributed by atoms with E-state index in [0.29, 0.717) is 0 Å². The van der Waals surface area contributed by atoms with Gasteiger partial charge in [-0.1, -0.05) is 78.9 Å². The first-order chi connectivity index (χ1) is 17.3. The summed E-state index contributed by atoms with van der Waals surface area (Å²) in [6, 6.07) is 38.9. The molecule has 35 heavy (non-hydrogen) atoms. The first-order valence-corrected chi connectivity index (χ1v) is 11.7. The Morgan fingerprint density at radius 2 is 0.886 bits per heavy atom. The maximum absolute atomic E-state index is 6.67. The zero-order chi connectivity index (χ0) is 23.2. The fourth-order valence-corrected chi connectivity index (χ4v) is 4.93. The van der Waals surface area contributed by atoms with E-state index in [-0.39, 0.29) is 0 Å². The number of para-hydroxylation sites is 2. The molecule has 7 aromatic rings. The van der Waals surface area contributed by atoms with Gasteiger partial charge in [-0.15, -0.1) is 0 Å². The quantitative estimate of drug-likeness (QED) is 0.282. The molecule has 7 rings (SSSR count). The maximum Gasteiger partial charge on any atom is 0.632 e. The molecule has 0 amide bonds. The highest BCUT2D eigenvalue weighted by molar-refractivity contribution is 6.63. The third kappa shape index (κ3) is 3.32. The Labute approximate surface area is 202 Å². The van der Waals surface area contributed by atoms with Gasteiger partial charge < -0.3 is 19.3 Å². The molecule has 0 bridgehead atoms. The minimum Gasteiger partial charge on any atom is -0.521 e. The van der Waals surface area contributed by atoms with Crippen LogP contribution in [0.5, 0.6) is 11.5 Å². The van der Waals surface area contributed by atoms with Gasteiger partial charge in [0, 0.05) is 38.0 Å². The zero-order valence-electron chi connectivity index (χ0n) is 18.9. The third-order valence-electron chi connectivity index (χ3n) is 6.52. The summed E-state index contributed by atoms with van der Waals surface area (Å²) in [4.78, 5) is 6.99. The molecule has 0 aliphatic carbocycles. The van der Waals surface area contributed by atoms with E-state index in [1.54, 1.807) is 0 Å². The Morgan fingerprint density at radius 1 is 0.429 bits per heavy atom. The van der Waals surface area contributed by atoms with Crippen LogP contribution in [0, 0.1) is 0 Å². The van der Waals surface area contributed by atoms with Crippen LogP contribution in [0.25, 0.3) is 43.6 Å². The first-order valence-electron chi connectivity index (χ1n) is 11.7. The van der Waals surface area contributed by atoms with Crippen LogP contribution >= 0.6 is 0 Å². The largest absolute Gasteiger partial charge is 0.632 e. The van der Waals surface area contributed by atoms with Crippen LogP contribution in [0.3, 0.4) is 0 Å². The normalized spacial score (nSPS) is 11.4. The molecule has 2 aromatic heterocycles. The Balaban J connectivity index is 1.37. The molecule has 0 radical (unpaired) electrons. The van der Waals surface area contributed by atoms with Crippen LogP contribution < -0.4 is 14.8 Å². The van der Waals surface area contributed by atoms with E-state index in [4.69, 9.17) is 9.31 Å². The smallest absolute Gasteiger partial charge is 0.521 e. The van der Waals surface area contributed by atoms with Crippen molar-refractivity contribution in [2.45, 2.75) is 0 Å². The molecule has 2 heterocycles. The number of aromatic amines is 2. The number of rotatable bonds is 5. The van der Waals surface area contributed by atoms with Crippen LogP contribution in [0.2, 0.25) is 0 Å². The van der Waals surface area contributed by atoms with Crippen molar-refractivity contribution in [2.75, 3.05) is 0 Å². The average Bonchev–Trinajstić information content (AvgIpc) is 3.48. The second-order valence-corrected chi connectivity index (χ2v) is 8.68. The highest BCUT2D eigenvalue weighted by atomic mass is 16.6. The van der Waals surface area contributed by atoms with Crippen molar-refractivity contribution in [1.29, 1.82) is 0 Å². The average molecular weight is 452 g/mol. The lowest BCUT2D eigenvalue weighted by molar-refractivity contribution is 0.445. The number of nitrogens with one attached hydrogen (secondary N) is 2. The second kappa shape index (κ2) is 7.99. The lowest BCUT2D eigenvalue weighted by atomic mass is 9.78. The Kier molecular flexibility index (Phi) is 4.52. The molecule has 2 N–H and O–H groups in total. The fraction of sp³-hybridized carbons (Fsp3) is 0. The molecular weight excluding hydrogens is 431 g/mol. The highest BCUT2D eigenvalue weighted by Crippen LogP contribution is 2.35. The number of hydrogen-bond acceptors (Lipinski definition) is 2. The van der Waals surface area contributed by atoms with Crippen molar-refractivity contribution in [3.8, 4) is 11.5 Å². The Bertz CT molecular complexity index is 1710. The first kappa shape index (κ1) is 19.8. The van der Waals surface area contributed by atoms with Crippen molar-refractivity contribution >= 4 is 56.2 Å². The molecule has 0 fully saturated rings. The number of benzene rings is 5. The van der Waals surface area contributed by atoms with Gasteiger partial charge in [-0.3, -0.25) is 0 Å². The predicted octanol–water partition coefficient (Wildman–Crippen LogP) is 6.81. The van der Waals surface area contributed by atoms with Crippen molar-refractivity contribution < 1.29 is 9.31 Å². The topological polar surface area (TPSA) is 50.0 Å². The van der Waals surface area contributed by atoms with Crippen molar-refractivity contribution in [3.05, 3.63) is 115 Å². The fourth-order valence-electron chi connectivity index (χ4n) is 4.93. The van der Waals surface area contributed by atoms with E-state index in [0.717, 1.165) is 60.6 Å². The summed E-state index contributed by atoms with van der Waals surface area (Å²) in [6.45, 7) is 0. The van der Waals surface area contributed by atoms with Crippen molar-refractivity contribution in [1.82, 2.24) is 9.97 Å². The zero-order valence-corrected chi connectivity index (χ0v) is 18.9. The third-order valence-corrected chi connectivity index (χ3v) is 6.52. The minimum absolute atomic E-state index is 0.630. The van der Waals surface area contributed by atoms with Gasteiger partial charge in [0.1, 0.15) is 11.5 Å². The summed E-state index contributed by atoms with van der Waals surface area (Å²) < 4.78 is 13.3. The van der Waals surface area contributed by atoms with Crippen LogP contribution in [0.4, 0.5) is 0 Å². The monoisotopic (exact) mass is 452 g/mol. The number of fused-ring (bicyclic) bond motifs is 6. The molecule has 0 atom stereocenters. The van der Waals surface area contributed by atoms with Crippen LogP contribution in [-0.2, 0) is 0 Å². The van der Waals surface area contributed by atoms with Gasteiger partial charge in [-0.2, -0.15) is 0 Å². The molecule has 0 aliphatic heterocycles. The van der Waals surface area contributed by atoms with Crippen LogP contribution in [0.15, 0.2) is 115 Å². The van der Waals surface area contributed by atoms with E-state index in [1.165, 1.54) is 0 Å². The van der Waals surface area contributed by atoms with Gasteiger partial charge in [-0.05, 0) is 36.4 Å². The number of hydrogen-bond donors (Lipinski definition) is 2. The summed E-state index contributed by atoms with van der Waals surface area (Å²) in [7, 11) is -0.630. The Hall–Kier alpha value is -4.64. The molecule has 166 valence electrons. The predicted molar refractivity (Wildman–Crippen MR) is 145 cm³/mol. The van der Waals surface area contributed by atoms with Gasteiger partial charge in [0.25, 0.3) is 0 Å². The minimum atomic E-state index is -0.630. The van der Waals surface area contributed by atoms with E-state index >= 15 is 0 Å². The standard InChI is InChI=1S/C30H21BN2O2/c1-2-10-20(11-3-1)31(34-27-18-8-16-25-29(27)21-12-4-6-14-23(21)32-25)35-28-19-9-17-26-30(28)22-13-5-7-15-24(22)33-26/h1-19,32-33H. The second-order valence-electron chi connectivity index (χ2n) is 8.68. The summed E-state index contributed by atoms with van der Waals surface area (Å²) in [5, 5.41) is 4.36. The summed E-state index contributed by atoms with van der Waals surface area (Å²) in [5.41, 5.74) is 5.18. The van der Waals surface area contributed by atoms with E-state index < -0.39 is 7.12 Å². The van der Waals surface area contributed by atoms with Gasteiger partial charge in [0.2, 0.25) is 0 Å². The highest BCUT2D eigenvalue weighted by Gasteiger charge is 2.28. The van der Waals surface area contributed by atoms with Crippen LogP contribution in [0.1, 0.15) is 0 Å². The van der Waals surface area contributed by atoms with Gasteiger partial charge >= 0.3 is 7.12 Å². The summed E-state index contributed by atoms with van der Waals surface area (Å²) in [5.74, 6) is 1.56. The van der Waals surface area contributed by atoms with Crippen molar-refractivity contribution in [2.24, 2.45) is 0 Å². The van der Waals surface area contributed by atoms with E-state index in [9.17, 15) is 0 Å². The SMILES string of the molecule is c1ccc(B(Oc2cccc3[nH]c4ccccc4c23)Oc2cccc3[nH]c4ccccc4c23)cc1. The van der Waals surface area contributed by atoms with E-state index in [1.807, 2.05) is 66.7 Å². The molecule has 0 aliphatic rings.